The number of rotatable bonds is 5. The van der Waals surface area contributed by atoms with Crippen molar-refractivity contribution < 1.29 is 14.3 Å². The number of ether oxygens (including phenoxy) is 2. The molecule has 0 saturated heterocycles. The second-order valence-electron chi connectivity index (χ2n) is 6.35. The smallest absolute Gasteiger partial charge is 0.161 e. The van der Waals surface area contributed by atoms with Crippen LogP contribution in [0.15, 0.2) is 18.2 Å². The van der Waals surface area contributed by atoms with E-state index in [1.165, 1.54) is 12.8 Å². The molecule has 0 spiro atoms. The Morgan fingerprint density at radius 1 is 1.27 bits per heavy atom. The summed E-state index contributed by atoms with van der Waals surface area (Å²) in [7, 11) is 1.62. The number of carbonyl (C=O) groups excluding carboxylic acids is 1. The lowest BCUT2D eigenvalue weighted by atomic mass is 9.70. The van der Waals surface area contributed by atoms with E-state index in [1.54, 1.807) is 7.11 Å². The van der Waals surface area contributed by atoms with Gasteiger partial charge in [-0.05, 0) is 49.3 Å². The minimum Gasteiger partial charge on any atom is -0.493 e. The Morgan fingerprint density at radius 2 is 2.00 bits per heavy atom. The normalized spacial score (nSPS) is 20.3. The lowest BCUT2D eigenvalue weighted by Crippen LogP contribution is -2.30. The van der Waals surface area contributed by atoms with E-state index in [1.807, 2.05) is 18.2 Å². The third-order valence-electron chi connectivity index (χ3n) is 4.76. The first kappa shape index (κ1) is 14.9. The van der Waals surface area contributed by atoms with E-state index in [0.717, 1.165) is 5.56 Å². The van der Waals surface area contributed by atoms with Gasteiger partial charge < -0.3 is 9.47 Å². The van der Waals surface area contributed by atoms with Crippen molar-refractivity contribution in [3.63, 3.8) is 0 Å². The number of nitriles is 1. The lowest BCUT2D eigenvalue weighted by Gasteiger charge is -2.31. The molecular weight excluding hydrogens is 278 g/mol. The van der Waals surface area contributed by atoms with Crippen LogP contribution in [0.3, 0.4) is 0 Å². The Labute approximate surface area is 131 Å². The summed E-state index contributed by atoms with van der Waals surface area (Å²) >= 11 is 0. The molecule has 2 aliphatic rings. The zero-order chi connectivity index (χ0) is 15.6. The first-order valence-electron chi connectivity index (χ1n) is 7.91. The van der Waals surface area contributed by atoms with Crippen molar-refractivity contribution in [2.45, 2.75) is 43.9 Å². The Kier molecular flexibility index (Phi) is 4.06. The molecule has 1 aromatic rings. The second kappa shape index (κ2) is 6.00. The molecule has 0 atom stereocenters. The summed E-state index contributed by atoms with van der Waals surface area (Å²) in [6.45, 7) is 0.706. The van der Waals surface area contributed by atoms with Crippen LogP contribution in [0, 0.1) is 17.2 Å². The predicted molar refractivity (Wildman–Crippen MR) is 82.0 cm³/mol. The summed E-state index contributed by atoms with van der Waals surface area (Å²) in [4.78, 5) is 11.5. The van der Waals surface area contributed by atoms with Crippen molar-refractivity contribution >= 4 is 5.78 Å². The maximum atomic E-state index is 11.5. The third kappa shape index (κ3) is 2.94. The maximum Gasteiger partial charge on any atom is 0.161 e. The lowest BCUT2D eigenvalue weighted by molar-refractivity contribution is -0.120. The Bertz CT molecular complexity index is 603. The number of hydrogen-bond donors (Lipinski definition) is 0. The fourth-order valence-corrected chi connectivity index (χ4v) is 3.00. The predicted octanol–water partition coefficient (Wildman–Crippen LogP) is 3.39. The van der Waals surface area contributed by atoms with Gasteiger partial charge in [0.05, 0.1) is 25.2 Å². The van der Waals surface area contributed by atoms with E-state index < -0.39 is 5.41 Å². The molecule has 1 aromatic carbocycles. The van der Waals surface area contributed by atoms with Crippen molar-refractivity contribution in [2.75, 3.05) is 13.7 Å². The number of Topliss-reactive ketones (excluding diaryl/α,β-unsaturated/α-hetero) is 1. The van der Waals surface area contributed by atoms with Crippen LogP contribution in [0.1, 0.15) is 44.1 Å². The molecule has 0 unspecified atom stereocenters. The van der Waals surface area contributed by atoms with Crippen molar-refractivity contribution in [2.24, 2.45) is 5.92 Å². The van der Waals surface area contributed by atoms with Gasteiger partial charge in [0, 0.05) is 12.8 Å². The molecule has 0 N–H and O–H groups in total. The van der Waals surface area contributed by atoms with Crippen molar-refractivity contribution in [1.82, 2.24) is 0 Å². The molecule has 4 heteroatoms. The molecule has 2 aliphatic carbocycles. The molecular formula is C18H21NO3. The van der Waals surface area contributed by atoms with E-state index in [0.29, 0.717) is 49.7 Å². The van der Waals surface area contributed by atoms with Gasteiger partial charge in [0.25, 0.3) is 0 Å². The molecule has 22 heavy (non-hydrogen) atoms. The van der Waals surface area contributed by atoms with E-state index in [9.17, 15) is 10.1 Å². The maximum absolute atomic E-state index is 11.5. The highest BCUT2D eigenvalue weighted by molar-refractivity contribution is 5.80. The highest BCUT2D eigenvalue weighted by Gasteiger charge is 2.37. The van der Waals surface area contributed by atoms with Crippen LogP contribution in [0.5, 0.6) is 11.5 Å². The Morgan fingerprint density at radius 3 is 2.59 bits per heavy atom. The van der Waals surface area contributed by atoms with E-state index >= 15 is 0 Å². The highest BCUT2D eigenvalue weighted by atomic mass is 16.5. The molecule has 0 bridgehead atoms. The van der Waals surface area contributed by atoms with Gasteiger partial charge in [0.2, 0.25) is 0 Å². The first-order chi connectivity index (χ1) is 10.7. The standard InChI is InChI=1S/C18H21NO3/c1-21-16-5-4-14(10-17(16)22-11-13-2-3-13)18(12-19)8-6-15(20)7-9-18/h4-5,10,13H,2-3,6-9,11H2,1H3. The van der Waals surface area contributed by atoms with Crippen LogP contribution in [0.2, 0.25) is 0 Å². The van der Waals surface area contributed by atoms with Gasteiger partial charge in [0.1, 0.15) is 5.78 Å². The Hall–Kier alpha value is -2.02. The summed E-state index contributed by atoms with van der Waals surface area (Å²) in [6, 6.07) is 8.18. The number of nitrogens with zero attached hydrogens (tertiary/aromatic N) is 1. The molecule has 3 rings (SSSR count). The van der Waals surface area contributed by atoms with Crippen molar-refractivity contribution in [1.29, 1.82) is 5.26 Å². The zero-order valence-electron chi connectivity index (χ0n) is 12.9. The van der Waals surface area contributed by atoms with Gasteiger partial charge in [-0.2, -0.15) is 5.26 Å². The van der Waals surface area contributed by atoms with Gasteiger partial charge in [-0.3, -0.25) is 4.79 Å². The van der Waals surface area contributed by atoms with Gasteiger partial charge in [-0.1, -0.05) is 6.07 Å². The fraction of sp³-hybridized carbons (Fsp3) is 0.556. The monoisotopic (exact) mass is 299 g/mol. The van der Waals surface area contributed by atoms with Gasteiger partial charge in [-0.25, -0.2) is 0 Å². The molecule has 116 valence electrons. The van der Waals surface area contributed by atoms with Gasteiger partial charge in [-0.15, -0.1) is 0 Å². The quantitative estimate of drug-likeness (QED) is 0.836. The Balaban J connectivity index is 1.87. The third-order valence-corrected chi connectivity index (χ3v) is 4.76. The SMILES string of the molecule is COc1ccc(C2(C#N)CCC(=O)CC2)cc1OCC1CC1. The number of carbonyl (C=O) groups is 1. The van der Waals surface area contributed by atoms with Crippen LogP contribution in [-0.2, 0) is 10.2 Å². The van der Waals surface area contributed by atoms with Crippen LogP contribution < -0.4 is 9.47 Å². The minimum atomic E-state index is -0.572. The van der Waals surface area contributed by atoms with E-state index in [4.69, 9.17) is 9.47 Å². The summed E-state index contributed by atoms with van der Waals surface area (Å²) in [5.74, 6) is 2.32. The summed E-state index contributed by atoms with van der Waals surface area (Å²) in [5, 5.41) is 9.69. The number of methoxy groups -OCH3 is 1. The minimum absolute atomic E-state index is 0.254. The number of ketones is 1. The summed E-state index contributed by atoms with van der Waals surface area (Å²) in [5.41, 5.74) is 0.367. The molecule has 0 amide bonds. The van der Waals surface area contributed by atoms with Gasteiger partial charge >= 0.3 is 0 Å². The number of benzene rings is 1. The highest BCUT2D eigenvalue weighted by Crippen LogP contribution is 2.41. The van der Waals surface area contributed by atoms with Gasteiger partial charge in [0.15, 0.2) is 11.5 Å². The second-order valence-corrected chi connectivity index (χ2v) is 6.35. The van der Waals surface area contributed by atoms with Crippen LogP contribution in [0.25, 0.3) is 0 Å². The van der Waals surface area contributed by atoms with Crippen molar-refractivity contribution in [3.8, 4) is 17.6 Å². The summed E-state index contributed by atoms with van der Waals surface area (Å²) in [6.07, 6.45) is 4.61. The van der Waals surface area contributed by atoms with E-state index in [2.05, 4.69) is 6.07 Å². The van der Waals surface area contributed by atoms with E-state index in [-0.39, 0.29) is 5.78 Å². The average molecular weight is 299 g/mol. The molecule has 0 aliphatic heterocycles. The molecule has 0 aromatic heterocycles. The largest absolute Gasteiger partial charge is 0.493 e. The fourth-order valence-electron chi connectivity index (χ4n) is 3.00. The molecule has 2 saturated carbocycles. The summed E-state index contributed by atoms with van der Waals surface area (Å²) < 4.78 is 11.3. The van der Waals surface area contributed by atoms with Crippen molar-refractivity contribution in [3.05, 3.63) is 23.8 Å². The molecule has 0 heterocycles. The molecule has 2 fully saturated rings. The average Bonchev–Trinajstić information content (AvgIpc) is 3.38. The molecule has 0 radical (unpaired) electrons. The number of hydrogen-bond acceptors (Lipinski definition) is 4. The van der Waals surface area contributed by atoms with Crippen LogP contribution in [0.4, 0.5) is 0 Å². The first-order valence-corrected chi connectivity index (χ1v) is 7.91. The van der Waals surface area contributed by atoms with Crippen LogP contribution in [-0.4, -0.2) is 19.5 Å². The topological polar surface area (TPSA) is 59.3 Å². The van der Waals surface area contributed by atoms with Crippen LogP contribution >= 0.6 is 0 Å². The molecule has 4 nitrogen and oxygen atoms in total. The zero-order valence-corrected chi connectivity index (χ0v) is 12.9.